The van der Waals surface area contributed by atoms with E-state index in [1.54, 1.807) is 0 Å². The SMILES string of the molecule is O=C(O)C1CCCO1.[Ag]. The third-order valence-corrected chi connectivity index (χ3v) is 1.21. The first kappa shape index (κ1) is 9.17. The van der Waals surface area contributed by atoms with Crippen LogP contribution in [0.5, 0.6) is 0 Å². The van der Waals surface area contributed by atoms with Gasteiger partial charge in [-0.25, -0.2) is 4.79 Å². The van der Waals surface area contributed by atoms with E-state index < -0.39 is 12.1 Å². The fourth-order valence-corrected chi connectivity index (χ4v) is 0.772. The first-order chi connectivity index (χ1) is 3.80. The summed E-state index contributed by atoms with van der Waals surface area (Å²) < 4.78 is 4.81. The average Bonchev–Trinajstić information content (AvgIpc) is 2.12. The minimum Gasteiger partial charge on any atom is -0.479 e. The zero-order valence-electron chi connectivity index (χ0n) is 4.76. The minimum absolute atomic E-state index is 0. The minimum atomic E-state index is -0.831. The van der Waals surface area contributed by atoms with Crippen molar-refractivity contribution in [3.8, 4) is 0 Å². The number of carboxylic acids is 1. The number of carboxylic acid groups (broad SMARTS) is 1. The number of hydrogen-bond donors (Lipinski definition) is 1. The molecule has 1 aliphatic heterocycles. The summed E-state index contributed by atoms with van der Waals surface area (Å²) in [4.78, 5) is 10.1. The average molecular weight is 224 g/mol. The van der Waals surface area contributed by atoms with Gasteiger partial charge in [-0.3, -0.25) is 0 Å². The number of carbonyl (C=O) groups is 1. The molecule has 1 rings (SSSR count). The fraction of sp³-hybridized carbons (Fsp3) is 0.800. The summed E-state index contributed by atoms with van der Waals surface area (Å²) in [6.07, 6.45) is 1.04. The molecule has 1 heterocycles. The van der Waals surface area contributed by atoms with Crippen molar-refractivity contribution in [1.29, 1.82) is 0 Å². The van der Waals surface area contributed by atoms with Gasteiger partial charge in [0.2, 0.25) is 0 Å². The molecule has 1 N–H and O–H groups in total. The fourth-order valence-electron chi connectivity index (χ4n) is 0.772. The zero-order chi connectivity index (χ0) is 5.98. The number of aliphatic carboxylic acids is 1. The van der Waals surface area contributed by atoms with E-state index in [9.17, 15) is 4.79 Å². The molecule has 1 atom stereocenters. The maximum Gasteiger partial charge on any atom is 0.332 e. The van der Waals surface area contributed by atoms with Crippen LogP contribution in [-0.4, -0.2) is 23.8 Å². The van der Waals surface area contributed by atoms with Gasteiger partial charge in [0.1, 0.15) is 0 Å². The summed E-state index contributed by atoms with van der Waals surface area (Å²) in [7, 11) is 0. The molecule has 1 fully saturated rings. The predicted octanol–water partition coefficient (Wildman–Crippen LogP) is 0.248. The van der Waals surface area contributed by atoms with Crippen LogP contribution in [0.3, 0.4) is 0 Å². The summed E-state index contributed by atoms with van der Waals surface area (Å²) in [6.45, 7) is 0.608. The summed E-state index contributed by atoms with van der Waals surface area (Å²) in [6, 6.07) is 0. The molecule has 1 aliphatic rings. The Morgan fingerprint density at radius 1 is 1.67 bits per heavy atom. The molecule has 0 amide bonds. The van der Waals surface area contributed by atoms with Gasteiger partial charge in [-0.05, 0) is 12.8 Å². The van der Waals surface area contributed by atoms with Crippen molar-refractivity contribution in [1.82, 2.24) is 0 Å². The van der Waals surface area contributed by atoms with E-state index in [0.717, 1.165) is 6.42 Å². The van der Waals surface area contributed by atoms with Crippen LogP contribution in [0.4, 0.5) is 0 Å². The molecule has 9 heavy (non-hydrogen) atoms. The second kappa shape index (κ2) is 4.06. The molecule has 0 spiro atoms. The van der Waals surface area contributed by atoms with Crippen LogP contribution in [-0.2, 0) is 31.9 Å². The van der Waals surface area contributed by atoms with E-state index in [1.165, 1.54) is 0 Å². The molecule has 4 heteroatoms. The summed E-state index contributed by atoms with van der Waals surface area (Å²) in [5, 5.41) is 8.29. The van der Waals surface area contributed by atoms with Crippen LogP contribution in [0.15, 0.2) is 0 Å². The van der Waals surface area contributed by atoms with E-state index in [0.29, 0.717) is 13.0 Å². The second-order valence-electron chi connectivity index (χ2n) is 1.84. The van der Waals surface area contributed by atoms with Gasteiger partial charge in [-0.1, -0.05) is 0 Å². The topological polar surface area (TPSA) is 46.5 Å². The van der Waals surface area contributed by atoms with Crippen molar-refractivity contribution in [3.05, 3.63) is 0 Å². The largest absolute Gasteiger partial charge is 0.479 e. The molecular weight excluding hydrogens is 216 g/mol. The van der Waals surface area contributed by atoms with Crippen molar-refractivity contribution < 1.29 is 37.0 Å². The first-order valence-corrected chi connectivity index (χ1v) is 2.65. The Bertz CT molecular complexity index is 98.4. The quantitative estimate of drug-likeness (QED) is 0.649. The van der Waals surface area contributed by atoms with Gasteiger partial charge in [0.05, 0.1) is 0 Å². The normalized spacial score (nSPS) is 25.1. The Morgan fingerprint density at radius 3 is 2.56 bits per heavy atom. The van der Waals surface area contributed by atoms with Gasteiger partial charge in [0.15, 0.2) is 6.10 Å². The Hall–Kier alpha value is 0.170. The van der Waals surface area contributed by atoms with Gasteiger partial charge in [-0.2, -0.15) is 0 Å². The Labute approximate surface area is 68.9 Å². The third-order valence-electron chi connectivity index (χ3n) is 1.21. The third kappa shape index (κ3) is 2.49. The van der Waals surface area contributed by atoms with E-state index in [4.69, 9.17) is 9.84 Å². The van der Waals surface area contributed by atoms with Crippen molar-refractivity contribution in [2.24, 2.45) is 0 Å². The number of rotatable bonds is 1. The molecule has 3 nitrogen and oxygen atoms in total. The van der Waals surface area contributed by atoms with E-state index in [1.807, 2.05) is 0 Å². The Morgan fingerprint density at radius 2 is 2.33 bits per heavy atom. The maximum absolute atomic E-state index is 10.1. The van der Waals surface area contributed by atoms with Crippen LogP contribution in [0.25, 0.3) is 0 Å². The smallest absolute Gasteiger partial charge is 0.332 e. The van der Waals surface area contributed by atoms with Crippen molar-refractivity contribution in [3.63, 3.8) is 0 Å². The maximum atomic E-state index is 10.1. The van der Waals surface area contributed by atoms with Gasteiger partial charge >= 0.3 is 5.97 Å². The number of hydrogen-bond acceptors (Lipinski definition) is 2. The molecule has 0 aromatic carbocycles. The first-order valence-electron chi connectivity index (χ1n) is 2.65. The second-order valence-corrected chi connectivity index (χ2v) is 1.84. The molecule has 1 unspecified atom stereocenters. The molecule has 1 saturated heterocycles. The predicted molar refractivity (Wildman–Crippen MR) is 26.6 cm³/mol. The summed E-state index contributed by atoms with van der Waals surface area (Å²) in [5.41, 5.74) is 0. The molecule has 0 aromatic rings. The molecule has 0 bridgehead atoms. The van der Waals surface area contributed by atoms with Crippen LogP contribution >= 0.6 is 0 Å². The van der Waals surface area contributed by atoms with Gasteiger partial charge < -0.3 is 9.84 Å². The van der Waals surface area contributed by atoms with Crippen LogP contribution in [0, 0.1) is 0 Å². The molecule has 0 aliphatic carbocycles. The van der Waals surface area contributed by atoms with E-state index in [-0.39, 0.29) is 22.4 Å². The summed E-state index contributed by atoms with van der Waals surface area (Å²) >= 11 is 0. The molecule has 1 radical (unpaired) electrons. The molecular formula is C5H8AgO3. The monoisotopic (exact) mass is 223 g/mol. The van der Waals surface area contributed by atoms with Crippen LogP contribution in [0.1, 0.15) is 12.8 Å². The van der Waals surface area contributed by atoms with Crippen LogP contribution < -0.4 is 0 Å². The van der Waals surface area contributed by atoms with Crippen molar-refractivity contribution >= 4 is 5.97 Å². The number of ether oxygens (including phenoxy) is 1. The summed E-state index contributed by atoms with van der Waals surface area (Å²) in [5.74, 6) is -0.831. The van der Waals surface area contributed by atoms with Crippen molar-refractivity contribution in [2.75, 3.05) is 6.61 Å². The standard InChI is InChI=1S/C5H8O3.Ag/c6-5(7)4-2-1-3-8-4;/h4H,1-3H2,(H,6,7);. The van der Waals surface area contributed by atoms with Gasteiger partial charge in [-0.15, -0.1) is 0 Å². The van der Waals surface area contributed by atoms with Gasteiger partial charge in [0.25, 0.3) is 0 Å². The van der Waals surface area contributed by atoms with E-state index in [2.05, 4.69) is 0 Å². The Kier molecular flexibility index (Phi) is 4.14. The van der Waals surface area contributed by atoms with E-state index >= 15 is 0 Å². The molecule has 57 valence electrons. The Balaban J connectivity index is 0.000000640. The van der Waals surface area contributed by atoms with Gasteiger partial charge in [0, 0.05) is 29.0 Å². The zero-order valence-corrected chi connectivity index (χ0v) is 6.25. The molecule has 0 saturated carbocycles. The van der Waals surface area contributed by atoms with Crippen LogP contribution in [0.2, 0.25) is 0 Å². The molecule has 0 aromatic heterocycles. The van der Waals surface area contributed by atoms with Crippen molar-refractivity contribution in [2.45, 2.75) is 18.9 Å².